The minimum atomic E-state index is -0.303. The molecule has 7 nitrogen and oxygen atoms in total. The molecule has 1 aliphatic rings. The van der Waals surface area contributed by atoms with Gasteiger partial charge in [-0.15, -0.1) is 5.10 Å². The van der Waals surface area contributed by atoms with Crippen molar-refractivity contribution in [2.75, 3.05) is 16.8 Å². The fraction of sp³-hybridized carbons (Fsp3) is 0.368. The number of carbonyl (C=O) groups excluding carboxylic acids is 1. The summed E-state index contributed by atoms with van der Waals surface area (Å²) in [4.78, 5) is 32.0. The molecule has 1 saturated heterocycles. The predicted molar refractivity (Wildman–Crippen MR) is 107 cm³/mol. The number of benzene rings is 1. The summed E-state index contributed by atoms with van der Waals surface area (Å²) >= 11 is 1.34. The van der Waals surface area contributed by atoms with E-state index in [4.69, 9.17) is 0 Å². The summed E-state index contributed by atoms with van der Waals surface area (Å²) in [5, 5.41) is 8.13. The van der Waals surface area contributed by atoms with Crippen molar-refractivity contribution in [2.24, 2.45) is 0 Å². The van der Waals surface area contributed by atoms with E-state index in [1.54, 1.807) is 6.92 Å². The Bertz CT molecular complexity index is 1090. The van der Waals surface area contributed by atoms with Crippen molar-refractivity contribution < 1.29 is 4.79 Å². The lowest BCUT2D eigenvalue weighted by Gasteiger charge is -2.23. The second kappa shape index (κ2) is 6.77. The smallest absolute Gasteiger partial charge is 0.275 e. The van der Waals surface area contributed by atoms with Crippen LogP contribution in [-0.2, 0) is 4.79 Å². The quantitative estimate of drug-likeness (QED) is 0.752. The lowest BCUT2D eigenvalue weighted by molar-refractivity contribution is -0.117. The third-order valence-corrected chi connectivity index (χ3v) is 5.76. The summed E-state index contributed by atoms with van der Waals surface area (Å²) in [5.74, 6) is -0.0445. The van der Waals surface area contributed by atoms with Gasteiger partial charge in [-0.3, -0.25) is 9.59 Å². The van der Waals surface area contributed by atoms with E-state index in [0.29, 0.717) is 15.8 Å². The Morgan fingerprint density at radius 2 is 2.07 bits per heavy atom. The van der Waals surface area contributed by atoms with Gasteiger partial charge in [0.2, 0.25) is 16.0 Å². The zero-order valence-corrected chi connectivity index (χ0v) is 16.3. The molecule has 3 heterocycles. The molecule has 1 N–H and O–H groups in total. The van der Waals surface area contributed by atoms with Gasteiger partial charge in [-0.1, -0.05) is 23.5 Å². The normalized spacial score (nSPS) is 16.9. The van der Waals surface area contributed by atoms with Crippen LogP contribution >= 0.6 is 11.3 Å². The van der Waals surface area contributed by atoms with Crippen LogP contribution in [0.15, 0.2) is 29.1 Å². The molecule has 0 aliphatic carbocycles. The summed E-state index contributed by atoms with van der Waals surface area (Å²) in [6.07, 6.45) is 1.66. The Morgan fingerprint density at radius 1 is 1.26 bits per heavy atom. The Balaban J connectivity index is 1.62. The number of nitrogens with one attached hydrogen (secondary N) is 1. The standard InChI is InChI=1S/C19H21N5O2S/c1-11-6-7-12(2)14(9-11)21-17(26)15-5-4-8-23(15)19-22-24-16(25)10-13(3)20-18(24)27-19/h6-7,9-10,15H,4-5,8H2,1-3H3,(H,21,26)/t15-/m1/s1. The largest absolute Gasteiger partial charge is 0.335 e. The van der Waals surface area contributed by atoms with Crippen molar-refractivity contribution in [2.45, 2.75) is 39.7 Å². The Hall–Kier alpha value is -2.74. The SMILES string of the molecule is Cc1ccc(C)c(NC(=O)[C@H]2CCCN2c2nn3c(=O)cc(C)nc3s2)c1. The van der Waals surface area contributed by atoms with Gasteiger partial charge in [-0.05, 0) is 50.8 Å². The van der Waals surface area contributed by atoms with E-state index >= 15 is 0 Å². The fourth-order valence-electron chi connectivity index (χ4n) is 3.38. The van der Waals surface area contributed by atoms with Crippen LogP contribution in [0.2, 0.25) is 0 Å². The van der Waals surface area contributed by atoms with E-state index in [2.05, 4.69) is 15.4 Å². The Morgan fingerprint density at radius 3 is 2.89 bits per heavy atom. The number of carbonyl (C=O) groups is 1. The third kappa shape index (κ3) is 3.32. The first-order valence-electron chi connectivity index (χ1n) is 8.94. The molecule has 0 bridgehead atoms. The van der Waals surface area contributed by atoms with Crippen molar-refractivity contribution >= 4 is 33.0 Å². The van der Waals surface area contributed by atoms with Gasteiger partial charge in [0.05, 0.1) is 0 Å². The highest BCUT2D eigenvalue weighted by atomic mass is 32.1. The van der Waals surface area contributed by atoms with Crippen molar-refractivity contribution in [3.05, 3.63) is 51.4 Å². The van der Waals surface area contributed by atoms with Gasteiger partial charge in [-0.25, -0.2) is 4.98 Å². The highest BCUT2D eigenvalue weighted by Gasteiger charge is 2.33. The van der Waals surface area contributed by atoms with Crippen LogP contribution in [0.5, 0.6) is 0 Å². The van der Waals surface area contributed by atoms with Crippen molar-refractivity contribution in [3.63, 3.8) is 0 Å². The number of hydrogen-bond acceptors (Lipinski definition) is 6. The molecule has 1 amide bonds. The monoisotopic (exact) mass is 383 g/mol. The van der Waals surface area contributed by atoms with E-state index < -0.39 is 0 Å². The van der Waals surface area contributed by atoms with Crippen LogP contribution in [-0.4, -0.2) is 33.1 Å². The lowest BCUT2D eigenvalue weighted by atomic mass is 10.1. The van der Waals surface area contributed by atoms with Crippen LogP contribution < -0.4 is 15.8 Å². The van der Waals surface area contributed by atoms with Gasteiger partial charge in [0.1, 0.15) is 6.04 Å². The first-order chi connectivity index (χ1) is 12.9. The maximum atomic E-state index is 12.9. The highest BCUT2D eigenvalue weighted by molar-refractivity contribution is 7.20. The molecule has 2 aromatic heterocycles. The first kappa shape index (κ1) is 17.7. The molecule has 0 spiro atoms. The van der Waals surface area contributed by atoms with Gasteiger partial charge in [0.25, 0.3) is 5.56 Å². The minimum absolute atomic E-state index is 0.0445. The summed E-state index contributed by atoms with van der Waals surface area (Å²) in [7, 11) is 0. The van der Waals surface area contributed by atoms with E-state index in [9.17, 15) is 9.59 Å². The topological polar surface area (TPSA) is 79.6 Å². The predicted octanol–water partition coefficient (Wildman–Crippen LogP) is 2.68. The molecular formula is C19H21N5O2S. The molecule has 140 valence electrons. The molecule has 0 saturated carbocycles. The average molecular weight is 383 g/mol. The number of anilines is 2. The second-order valence-electron chi connectivity index (χ2n) is 6.97. The number of fused-ring (bicyclic) bond motifs is 1. The molecule has 1 aromatic carbocycles. The zero-order valence-electron chi connectivity index (χ0n) is 15.5. The number of rotatable bonds is 3. The van der Waals surface area contributed by atoms with Crippen LogP contribution in [0.4, 0.5) is 10.8 Å². The van der Waals surface area contributed by atoms with E-state index in [1.807, 2.05) is 36.9 Å². The molecule has 27 heavy (non-hydrogen) atoms. The van der Waals surface area contributed by atoms with E-state index in [0.717, 1.165) is 36.2 Å². The third-order valence-electron chi connectivity index (χ3n) is 4.81. The summed E-state index contributed by atoms with van der Waals surface area (Å²) in [6.45, 7) is 6.51. The molecule has 1 atom stereocenters. The second-order valence-corrected chi connectivity index (χ2v) is 7.91. The van der Waals surface area contributed by atoms with Crippen LogP contribution in [0.25, 0.3) is 4.96 Å². The van der Waals surface area contributed by atoms with Gasteiger partial charge in [0.15, 0.2) is 0 Å². The zero-order chi connectivity index (χ0) is 19.1. The van der Waals surface area contributed by atoms with Crippen molar-refractivity contribution in [1.29, 1.82) is 0 Å². The maximum absolute atomic E-state index is 12.9. The molecule has 1 fully saturated rings. The van der Waals surface area contributed by atoms with Crippen LogP contribution in [0.3, 0.4) is 0 Å². The molecule has 3 aromatic rings. The average Bonchev–Trinajstić information content (AvgIpc) is 3.24. The molecule has 4 rings (SSSR count). The lowest BCUT2D eigenvalue weighted by Crippen LogP contribution is -2.40. The number of aromatic nitrogens is 3. The van der Waals surface area contributed by atoms with Gasteiger partial charge >= 0.3 is 0 Å². The van der Waals surface area contributed by atoms with E-state index in [1.165, 1.54) is 21.9 Å². The summed E-state index contributed by atoms with van der Waals surface area (Å²) in [6, 6.07) is 7.18. The van der Waals surface area contributed by atoms with Crippen molar-refractivity contribution in [1.82, 2.24) is 14.6 Å². The highest BCUT2D eigenvalue weighted by Crippen LogP contribution is 2.30. The first-order valence-corrected chi connectivity index (χ1v) is 9.76. The molecule has 8 heteroatoms. The maximum Gasteiger partial charge on any atom is 0.275 e. The van der Waals surface area contributed by atoms with Gasteiger partial charge in [-0.2, -0.15) is 4.52 Å². The summed E-state index contributed by atoms with van der Waals surface area (Å²) in [5.41, 5.74) is 3.44. The van der Waals surface area contributed by atoms with E-state index in [-0.39, 0.29) is 17.5 Å². The number of nitrogens with zero attached hydrogens (tertiary/aromatic N) is 4. The number of aryl methyl sites for hydroxylation is 3. The Labute approximate surface area is 160 Å². The van der Waals surface area contributed by atoms with Crippen molar-refractivity contribution in [3.8, 4) is 0 Å². The van der Waals surface area contributed by atoms with Gasteiger partial charge < -0.3 is 10.2 Å². The summed E-state index contributed by atoms with van der Waals surface area (Å²) < 4.78 is 1.31. The van der Waals surface area contributed by atoms with Crippen LogP contribution in [0.1, 0.15) is 29.7 Å². The Kier molecular flexibility index (Phi) is 4.43. The minimum Gasteiger partial charge on any atom is -0.335 e. The van der Waals surface area contributed by atoms with Gasteiger partial charge in [0, 0.05) is 24.0 Å². The molecular weight excluding hydrogens is 362 g/mol. The molecule has 0 unspecified atom stereocenters. The van der Waals surface area contributed by atoms with Crippen LogP contribution in [0, 0.1) is 20.8 Å². The molecule has 1 aliphatic heterocycles. The molecule has 0 radical (unpaired) electrons. The number of hydrogen-bond donors (Lipinski definition) is 1. The fourth-order valence-corrected chi connectivity index (χ4v) is 4.41. The number of amides is 1.